The summed E-state index contributed by atoms with van der Waals surface area (Å²) in [4.78, 5) is 26.8. The Labute approximate surface area is 146 Å². The van der Waals surface area contributed by atoms with Crippen LogP contribution in [0.3, 0.4) is 0 Å². The smallest absolute Gasteiger partial charge is 0.274 e. The molecule has 1 amide bonds. The number of carbonyl (C=O) groups is 1. The van der Waals surface area contributed by atoms with E-state index < -0.39 is 0 Å². The van der Waals surface area contributed by atoms with Crippen LogP contribution in [-0.2, 0) is 23.0 Å². The molecule has 0 radical (unpaired) electrons. The van der Waals surface area contributed by atoms with Crippen molar-refractivity contribution in [1.82, 2.24) is 20.0 Å². The number of morpholine rings is 1. The summed E-state index contributed by atoms with van der Waals surface area (Å²) in [5.41, 5.74) is 0.468. The summed E-state index contributed by atoms with van der Waals surface area (Å²) in [5, 5.41) is 8.58. The minimum Gasteiger partial charge on any atom is -0.379 e. The van der Waals surface area contributed by atoms with Crippen LogP contribution in [0.25, 0.3) is 10.8 Å². The molecule has 1 aliphatic rings. The van der Waals surface area contributed by atoms with Crippen LogP contribution < -0.4 is 10.9 Å². The summed E-state index contributed by atoms with van der Waals surface area (Å²) < 4.78 is 6.64. The maximum atomic E-state index is 12.4. The Kier molecular flexibility index (Phi) is 5.45. The first-order chi connectivity index (χ1) is 12.1. The van der Waals surface area contributed by atoms with E-state index in [1.54, 1.807) is 13.1 Å². The van der Waals surface area contributed by atoms with Gasteiger partial charge in [0.1, 0.15) is 0 Å². The number of aromatic nitrogens is 2. The molecule has 134 valence electrons. The van der Waals surface area contributed by atoms with Gasteiger partial charge in [0, 0.05) is 38.1 Å². The summed E-state index contributed by atoms with van der Waals surface area (Å²) in [6.07, 6.45) is 0.157. The van der Waals surface area contributed by atoms with Gasteiger partial charge >= 0.3 is 0 Å². The number of hydrogen-bond acceptors (Lipinski definition) is 5. The highest BCUT2D eigenvalue weighted by molar-refractivity contribution is 5.88. The van der Waals surface area contributed by atoms with Gasteiger partial charge in [-0.1, -0.05) is 18.2 Å². The van der Waals surface area contributed by atoms with E-state index in [1.807, 2.05) is 18.2 Å². The number of aryl methyl sites for hydroxylation is 1. The Morgan fingerprint density at radius 1 is 1.28 bits per heavy atom. The van der Waals surface area contributed by atoms with E-state index in [0.717, 1.165) is 31.7 Å². The monoisotopic (exact) mass is 344 g/mol. The van der Waals surface area contributed by atoms with Gasteiger partial charge in [-0.05, 0) is 13.0 Å². The van der Waals surface area contributed by atoms with E-state index in [2.05, 4.69) is 22.2 Å². The molecule has 0 saturated carbocycles. The van der Waals surface area contributed by atoms with Crippen molar-refractivity contribution < 1.29 is 9.53 Å². The molecule has 7 heteroatoms. The van der Waals surface area contributed by atoms with Gasteiger partial charge in [0.15, 0.2) is 0 Å². The minimum absolute atomic E-state index is 0.0867. The van der Waals surface area contributed by atoms with Crippen molar-refractivity contribution in [2.45, 2.75) is 19.4 Å². The summed E-state index contributed by atoms with van der Waals surface area (Å²) >= 11 is 0. The first-order valence-corrected chi connectivity index (χ1v) is 8.59. The van der Waals surface area contributed by atoms with Crippen molar-refractivity contribution >= 4 is 16.7 Å². The van der Waals surface area contributed by atoms with Crippen LogP contribution in [0.4, 0.5) is 0 Å². The molecule has 0 aliphatic carbocycles. The molecule has 25 heavy (non-hydrogen) atoms. The highest BCUT2D eigenvalue weighted by atomic mass is 16.5. The average Bonchev–Trinajstić information content (AvgIpc) is 2.64. The van der Waals surface area contributed by atoms with Gasteiger partial charge < -0.3 is 10.1 Å². The fourth-order valence-electron chi connectivity index (χ4n) is 3.13. The van der Waals surface area contributed by atoms with E-state index in [-0.39, 0.29) is 23.9 Å². The predicted molar refractivity (Wildman–Crippen MR) is 95.6 cm³/mol. The van der Waals surface area contributed by atoms with Crippen LogP contribution >= 0.6 is 0 Å². The number of amides is 1. The first kappa shape index (κ1) is 17.6. The molecule has 1 aromatic carbocycles. The lowest BCUT2D eigenvalue weighted by Gasteiger charge is -2.32. The first-order valence-electron chi connectivity index (χ1n) is 8.59. The van der Waals surface area contributed by atoms with Gasteiger partial charge in [-0.15, -0.1) is 0 Å². The van der Waals surface area contributed by atoms with Crippen molar-refractivity contribution in [3.05, 3.63) is 40.3 Å². The Bertz CT molecular complexity index is 812. The predicted octanol–water partition coefficient (Wildman–Crippen LogP) is 0.313. The summed E-state index contributed by atoms with van der Waals surface area (Å²) in [7, 11) is 1.61. The van der Waals surface area contributed by atoms with Crippen LogP contribution in [-0.4, -0.2) is 59.5 Å². The van der Waals surface area contributed by atoms with E-state index in [4.69, 9.17) is 4.74 Å². The molecule has 1 saturated heterocycles. The summed E-state index contributed by atoms with van der Waals surface area (Å²) in [5.74, 6) is -0.0867. The van der Waals surface area contributed by atoms with E-state index in [0.29, 0.717) is 17.6 Å². The molecule has 2 heterocycles. The van der Waals surface area contributed by atoms with Crippen molar-refractivity contribution in [2.24, 2.45) is 7.05 Å². The van der Waals surface area contributed by atoms with E-state index >= 15 is 0 Å². The zero-order chi connectivity index (χ0) is 17.8. The third kappa shape index (κ3) is 4.05. The Balaban J connectivity index is 1.66. The van der Waals surface area contributed by atoms with Gasteiger partial charge in [0.25, 0.3) is 5.56 Å². The SMILES string of the molecule is C[C@@H](CNC(=O)Cc1nn(C)c(=O)c2ccccc12)N1CCOCC1. The van der Waals surface area contributed by atoms with Gasteiger partial charge in [-0.25, -0.2) is 4.68 Å². The number of ether oxygens (including phenoxy) is 1. The fourth-order valence-corrected chi connectivity index (χ4v) is 3.13. The second-order valence-electron chi connectivity index (χ2n) is 6.40. The second-order valence-corrected chi connectivity index (χ2v) is 6.40. The van der Waals surface area contributed by atoms with E-state index in [1.165, 1.54) is 4.68 Å². The van der Waals surface area contributed by atoms with Crippen LogP contribution in [0.15, 0.2) is 29.1 Å². The maximum Gasteiger partial charge on any atom is 0.274 e. The molecule has 1 N–H and O–H groups in total. The number of carbonyl (C=O) groups excluding carboxylic acids is 1. The van der Waals surface area contributed by atoms with Crippen molar-refractivity contribution in [2.75, 3.05) is 32.8 Å². The Hall–Kier alpha value is -2.25. The Morgan fingerprint density at radius 2 is 1.96 bits per heavy atom. The topological polar surface area (TPSA) is 76.5 Å². The molecule has 2 aromatic rings. The third-order valence-electron chi connectivity index (χ3n) is 4.62. The van der Waals surface area contributed by atoms with Gasteiger partial charge in [0.05, 0.1) is 30.7 Å². The lowest BCUT2D eigenvalue weighted by molar-refractivity contribution is -0.120. The van der Waals surface area contributed by atoms with Crippen molar-refractivity contribution in [1.29, 1.82) is 0 Å². The van der Waals surface area contributed by atoms with Crippen LogP contribution in [0, 0.1) is 0 Å². The zero-order valence-electron chi connectivity index (χ0n) is 14.7. The lowest BCUT2D eigenvalue weighted by Crippen LogP contribution is -2.47. The summed E-state index contributed by atoms with van der Waals surface area (Å²) in [6.45, 7) is 5.96. The van der Waals surface area contributed by atoms with Crippen LogP contribution in [0.5, 0.6) is 0 Å². The van der Waals surface area contributed by atoms with Gasteiger partial charge in [-0.2, -0.15) is 5.10 Å². The molecule has 3 rings (SSSR count). The molecule has 0 unspecified atom stereocenters. The normalized spacial score (nSPS) is 16.7. The molecular formula is C18H24N4O3. The average molecular weight is 344 g/mol. The number of rotatable bonds is 5. The number of nitrogens with one attached hydrogen (secondary N) is 1. The summed E-state index contributed by atoms with van der Waals surface area (Å²) in [6, 6.07) is 7.53. The number of hydrogen-bond donors (Lipinski definition) is 1. The zero-order valence-corrected chi connectivity index (χ0v) is 14.7. The Morgan fingerprint density at radius 3 is 2.68 bits per heavy atom. The van der Waals surface area contributed by atoms with E-state index in [9.17, 15) is 9.59 Å². The molecule has 1 aromatic heterocycles. The molecule has 1 fully saturated rings. The van der Waals surface area contributed by atoms with Crippen LogP contribution in [0.1, 0.15) is 12.6 Å². The molecule has 7 nitrogen and oxygen atoms in total. The van der Waals surface area contributed by atoms with Crippen molar-refractivity contribution in [3.8, 4) is 0 Å². The molecule has 0 spiro atoms. The lowest BCUT2D eigenvalue weighted by atomic mass is 10.1. The number of benzene rings is 1. The van der Waals surface area contributed by atoms with Gasteiger partial charge in [0.2, 0.25) is 5.91 Å². The third-order valence-corrected chi connectivity index (χ3v) is 4.62. The fraction of sp³-hybridized carbons (Fsp3) is 0.500. The van der Waals surface area contributed by atoms with Crippen LogP contribution in [0.2, 0.25) is 0 Å². The molecule has 1 aliphatic heterocycles. The largest absolute Gasteiger partial charge is 0.379 e. The quantitative estimate of drug-likeness (QED) is 0.845. The number of nitrogens with zero attached hydrogens (tertiary/aromatic N) is 3. The maximum absolute atomic E-state index is 12.4. The molecule has 1 atom stereocenters. The molecule has 0 bridgehead atoms. The number of fused-ring (bicyclic) bond motifs is 1. The minimum atomic E-state index is -0.152. The molecular weight excluding hydrogens is 320 g/mol. The second kappa shape index (κ2) is 7.76. The highest BCUT2D eigenvalue weighted by Crippen LogP contribution is 2.13. The standard InChI is InChI=1S/C18H24N4O3/c1-13(22-7-9-25-10-8-22)12-19-17(23)11-16-14-5-3-4-6-15(14)18(24)21(2)20-16/h3-6,13H,7-12H2,1-2H3,(H,19,23)/t13-/m0/s1. The van der Waals surface area contributed by atoms with Crippen molar-refractivity contribution in [3.63, 3.8) is 0 Å². The highest BCUT2D eigenvalue weighted by Gasteiger charge is 2.18. The van der Waals surface area contributed by atoms with Gasteiger partial charge in [-0.3, -0.25) is 14.5 Å².